The Hall–Kier alpha value is -2.11. The second kappa shape index (κ2) is 9.39. The van der Waals surface area contributed by atoms with Crippen LogP contribution in [0.1, 0.15) is 49.7 Å². The first-order valence-electron chi connectivity index (χ1n) is 9.77. The van der Waals surface area contributed by atoms with E-state index in [9.17, 15) is 9.90 Å². The molecule has 2 aromatic rings. The number of halogens is 1. The van der Waals surface area contributed by atoms with E-state index in [1.165, 1.54) is 0 Å². The van der Waals surface area contributed by atoms with Gasteiger partial charge in [0.1, 0.15) is 5.75 Å². The third kappa shape index (κ3) is 5.46. The average Bonchev–Trinajstić information content (AvgIpc) is 2.70. The zero-order chi connectivity index (χ0) is 20.0. The summed E-state index contributed by atoms with van der Waals surface area (Å²) in [6.07, 6.45) is 7.29. The van der Waals surface area contributed by atoms with Gasteiger partial charge in [-0.3, -0.25) is 9.78 Å². The molecular formula is C22H27ClN2O3. The largest absolute Gasteiger partial charge is 0.494 e. The minimum atomic E-state index is -0.833. The van der Waals surface area contributed by atoms with Gasteiger partial charge in [-0.15, -0.1) is 0 Å². The number of nitrogens with one attached hydrogen (secondary N) is 1. The Bertz CT molecular complexity index is 790. The van der Waals surface area contributed by atoms with E-state index in [0.29, 0.717) is 32.3 Å². The number of amides is 1. The molecule has 3 rings (SSSR count). The second-order valence-corrected chi connectivity index (χ2v) is 7.89. The zero-order valence-electron chi connectivity index (χ0n) is 16.2. The van der Waals surface area contributed by atoms with Crippen LogP contribution in [0.15, 0.2) is 42.7 Å². The summed E-state index contributed by atoms with van der Waals surface area (Å²) in [5.41, 5.74) is 0.995. The van der Waals surface area contributed by atoms with Gasteiger partial charge in [-0.05, 0) is 68.9 Å². The van der Waals surface area contributed by atoms with Crippen molar-refractivity contribution in [3.63, 3.8) is 0 Å². The Morgan fingerprint density at radius 2 is 2.14 bits per heavy atom. The van der Waals surface area contributed by atoms with E-state index in [4.69, 9.17) is 16.3 Å². The summed E-state index contributed by atoms with van der Waals surface area (Å²) >= 11 is 6.00. The van der Waals surface area contributed by atoms with Gasteiger partial charge in [0.2, 0.25) is 5.91 Å². The molecule has 1 heterocycles. The van der Waals surface area contributed by atoms with Crippen molar-refractivity contribution in [2.45, 2.75) is 57.1 Å². The predicted molar refractivity (Wildman–Crippen MR) is 109 cm³/mol. The van der Waals surface area contributed by atoms with Crippen LogP contribution in [0.5, 0.6) is 5.75 Å². The highest BCUT2D eigenvalue weighted by atomic mass is 35.5. The van der Waals surface area contributed by atoms with E-state index in [1.807, 2.05) is 37.3 Å². The zero-order valence-corrected chi connectivity index (χ0v) is 16.9. The van der Waals surface area contributed by atoms with Gasteiger partial charge < -0.3 is 15.2 Å². The topological polar surface area (TPSA) is 71.5 Å². The standard InChI is InChI=1S/C22H27ClN2O3/c1-16-14-19(6-7-20(16)23)28-13-3-5-21(26)25-18-8-10-22(27,11-9-18)17-4-2-12-24-15-17/h2,4,6-7,12,14-15,18,27H,3,5,8-11,13H2,1H3,(H,25,26). The lowest BCUT2D eigenvalue weighted by atomic mass is 9.78. The average molecular weight is 403 g/mol. The van der Waals surface area contributed by atoms with Gasteiger partial charge in [0.25, 0.3) is 0 Å². The van der Waals surface area contributed by atoms with E-state index in [1.54, 1.807) is 12.4 Å². The smallest absolute Gasteiger partial charge is 0.220 e. The van der Waals surface area contributed by atoms with Crippen molar-refractivity contribution in [1.82, 2.24) is 10.3 Å². The fraction of sp³-hybridized carbons (Fsp3) is 0.455. The number of nitrogens with zero attached hydrogens (tertiary/aromatic N) is 1. The summed E-state index contributed by atoms with van der Waals surface area (Å²) in [6, 6.07) is 9.41. The van der Waals surface area contributed by atoms with Crippen molar-refractivity contribution in [1.29, 1.82) is 0 Å². The van der Waals surface area contributed by atoms with Crippen LogP contribution in [-0.2, 0) is 10.4 Å². The minimum Gasteiger partial charge on any atom is -0.494 e. The summed E-state index contributed by atoms with van der Waals surface area (Å²) in [5, 5.41) is 14.6. The maximum absolute atomic E-state index is 12.2. The molecule has 1 aliphatic rings. The summed E-state index contributed by atoms with van der Waals surface area (Å²) < 4.78 is 5.68. The maximum Gasteiger partial charge on any atom is 0.220 e. The van der Waals surface area contributed by atoms with Crippen LogP contribution in [0.4, 0.5) is 0 Å². The summed E-state index contributed by atoms with van der Waals surface area (Å²) in [4.78, 5) is 16.3. The number of pyridine rings is 1. The van der Waals surface area contributed by atoms with Crippen LogP contribution in [0.2, 0.25) is 5.02 Å². The Morgan fingerprint density at radius 3 is 2.82 bits per heavy atom. The van der Waals surface area contributed by atoms with Crippen molar-refractivity contribution >= 4 is 17.5 Å². The Kier molecular flexibility index (Phi) is 6.92. The van der Waals surface area contributed by atoms with Gasteiger partial charge in [-0.1, -0.05) is 17.7 Å². The molecule has 0 aliphatic heterocycles. The summed E-state index contributed by atoms with van der Waals surface area (Å²) in [7, 11) is 0. The third-order valence-electron chi connectivity index (χ3n) is 5.32. The fourth-order valence-electron chi connectivity index (χ4n) is 3.60. The number of ether oxygens (including phenoxy) is 1. The van der Waals surface area contributed by atoms with Crippen molar-refractivity contribution in [3.05, 3.63) is 58.9 Å². The maximum atomic E-state index is 12.2. The van der Waals surface area contributed by atoms with E-state index < -0.39 is 5.60 Å². The van der Waals surface area contributed by atoms with Crippen LogP contribution in [-0.4, -0.2) is 28.6 Å². The quantitative estimate of drug-likeness (QED) is 0.682. The molecule has 1 aromatic carbocycles. The van der Waals surface area contributed by atoms with Gasteiger partial charge in [0, 0.05) is 35.4 Å². The third-order valence-corrected chi connectivity index (χ3v) is 5.75. The number of hydrogen-bond donors (Lipinski definition) is 2. The number of carbonyl (C=O) groups is 1. The number of benzene rings is 1. The molecule has 150 valence electrons. The molecule has 6 heteroatoms. The number of aryl methyl sites for hydroxylation is 1. The number of rotatable bonds is 7. The first-order chi connectivity index (χ1) is 13.5. The van der Waals surface area contributed by atoms with Crippen molar-refractivity contribution in [2.24, 2.45) is 0 Å². The number of aromatic nitrogens is 1. The molecule has 2 N–H and O–H groups in total. The molecule has 0 saturated heterocycles. The van der Waals surface area contributed by atoms with Crippen LogP contribution in [0, 0.1) is 6.92 Å². The van der Waals surface area contributed by atoms with Gasteiger partial charge in [0.15, 0.2) is 0 Å². The van der Waals surface area contributed by atoms with Gasteiger partial charge in [-0.2, -0.15) is 0 Å². The number of hydrogen-bond acceptors (Lipinski definition) is 4. The Labute approximate surface area is 171 Å². The van der Waals surface area contributed by atoms with Crippen LogP contribution in [0.3, 0.4) is 0 Å². The normalized spacial score (nSPS) is 21.9. The lowest BCUT2D eigenvalue weighted by Gasteiger charge is -2.36. The summed E-state index contributed by atoms with van der Waals surface area (Å²) in [5.74, 6) is 0.803. The molecule has 1 aromatic heterocycles. The molecule has 0 unspecified atom stereocenters. The molecule has 1 amide bonds. The molecule has 1 saturated carbocycles. The summed E-state index contributed by atoms with van der Waals surface area (Å²) in [6.45, 7) is 2.42. The van der Waals surface area contributed by atoms with Crippen molar-refractivity contribution in [3.8, 4) is 5.75 Å². The molecule has 0 bridgehead atoms. The molecule has 0 spiro atoms. The lowest BCUT2D eigenvalue weighted by molar-refractivity contribution is -0.122. The highest BCUT2D eigenvalue weighted by Crippen LogP contribution is 2.36. The molecule has 1 aliphatic carbocycles. The molecule has 0 radical (unpaired) electrons. The lowest BCUT2D eigenvalue weighted by Crippen LogP contribution is -2.42. The minimum absolute atomic E-state index is 0.0349. The fourth-order valence-corrected chi connectivity index (χ4v) is 3.71. The van der Waals surface area contributed by atoms with E-state index in [0.717, 1.165) is 34.7 Å². The van der Waals surface area contributed by atoms with Gasteiger partial charge in [-0.25, -0.2) is 0 Å². The van der Waals surface area contributed by atoms with Crippen LogP contribution >= 0.6 is 11.6 Å². The molecule has 5 nitrogen and oxygen atoms in total. The molecule has 0 atom stereocenters. The molecular weight excluding hydrogens is 376 g/mol. The Morgan fingerprint density at radius 1 is 1.36 bits per heavy atom. The highest BCUT2D eigenvalue weighted by Gasteiger charge is 2.35. The van der Waals surface area contributed by atoms with E-state index in [2.05, 4.69) is 10.3 Å². The predicted octanol–water partition coefficient (Wildman–Crippen LogP) is 4.15. The van der Waals surface area contributed by atoms with Crippen LogP contribution in [0.25, 0.3) is 0 Å². The monoisotopic (exact) mass is 402 g/mol. The first-order valence-corrected chi connectivity index (χ1v) is 10.2. The molecule has 1 fully saturated rings. The van der Waals surface area contributed by atoms with Gasteiger partial charge in [0.05, 0.1) is 12.2 Å². The molecule has 28 heavy (non-hydrogen) atoms. The van der Waals surface area contributed by atoms with E-state index >= 15 is 0 Å². The SMILES string of the molecule is Cc1cc(OCCCC(=O)NC2CCC(O)(c3cccnc3)CC2)ccc1Cl. The van der Waals surface area contributed by atoms with Gasteiger partial charge >= 0.3 is 0 Å². The van der Waals surface area contributed by atoms with Crippen LogP contribution < -0.4 is 10.1 Å². The number of aliphatic hydroxyl groups is 1. The van der Waals surface area contributed by atoms with Crippen molar-refractivity contribution in [2.75, 3.05) is 6.61 Å². The number of carbonyl (C=O) groups excluding carboxylic acids is 1. The Balaban J connectivity index is 1.36. The highest BCUT2D eigenvalue weighted by molar-refractivity contribution is 6.31. The van der Waals surface area contributed by atoms with Crippen molar-refractivity contribution < 1.29 is 14.6 Å². The second-order valence-electron chi connectivity index (χ2n) is 7.48. The first kappa shape index (κ1) is 20.6. The van der Waals surface area contributed by atoms with E-state index in [-0.39, 0.29) is 11.9 Å².